The number of rotatable bonds is 14. The minimum absolute atomic E-state index is 0.0929. The third-order valence-electron chi connectivity index (χ3n) is 5.56. The molecule has 0 bridgehead atoms. The van der Waals surface area contributed by atoms with Crippen LogP contribution in [0.4, 0.5) is 0 Å². The monoisotopic (exact) mass is 340 g/mol. The smallest absolute Gasteiger partial charge is 0.306 e. The lowest BCUT2D eigenvalue weighted by Crippen LogP contribution is -2.22. The Morgan fingerprint density at radius 3 is 2.08 bits per heavy atom. The van der Waals surface area contributed by atoms with E-state index in [0.29, 0.717) is 24.9 Å². The van der Waals surface area contributed by atoms with E-state index in [1.54, 1.807) is 0 Å². The standard InChI is InChI=1S/C21H40O3/c1-3-5-6-7-8-9-10-11-12-13-14-19-18(15-16-20(19)22)17-21(23)24-4-2/h18-20,22H,3-17H2,1-2H3. The number of carbonyl (C=O) groups is 1. The van der Waals surface area contributed by atoms with Crippen molar-refractivity contribution in [3.63, 3.8) is 0 Å². The summed E-state index contributed by atoms with van der Waals surface area (Å²) in [6, 6.07) is 0. The highest BCUT2D eigenvalue weighted by atomic mass is 16.5. The van der Waals surface area contributed by atoms with E-state index in [0.717, 1.165) is 19.3 Å². The molecule has 142 valence electrons. The largest absolute Gasteiger partial charge is 0.466 e. The van der Waals surface area contributed by atoms with Crippen LogP contribution in [-0.4, -0.2) is 23.8 Å². The van der Waals surface area contributed by atoms with Gasteiger partial charge in [-0.3, -0.25) is 4.79 Å². The molecule has 0 aromatic rings. The Morgan fingerprint density at radius 1 is 0.917 bits per heavy atom. The summed E-state index contributed by atoms with van der Waals surface area (Å²) in [7, 11) is 0. The molecule has 3 atom stereocenters. The van der Waals surface area contributed by atoms with Crippen molar-refractivity contribution in [2.45, 2.75) is 110 Å². The molecule has 1 aliphatic carbocycles. The van der Waals surface area contributed by atoms with Gasteiger partial charge < -0.3 is 9.84 Å². The zero-order chi connectivity index (χ0) is 17.6. The Hall–Kier alpha value is -0.570. The lowest BCUT2D eigenvalue weighted by molar-refractivity contribution is -0.144. The number of carbonyl (C=O) groups excluding carboxylic acids is 1. The van der Waals surface area contributed by atoms with E-state index in [4.69, 9.17) is 4.74 Å². The van der Waals surface area contributed by atoms with Crippen molar-refractivity contribution in [2.24, 2.45) is 11.8 Å². The van der Waals surface area contributed by atoms with Crippen LogP contribution in [0, 0.1) is 11.8 Å². The average Bonchev–Trinajstić information content (AvgIpc) is 2.89. The topological polar surface area (TPSA) is 46.5 Å². The predicted molar refractivity (Wildman–Crippen MR) is 99.9 cm³/mol. The maximum atomic E-state index is 11.7. The molecule has 0 aromatic carbocycles. The molecular formula is C21H40O3. The van der Waals surface area contributed by atoms with Crippen molar-refractivity contribution in [3.8, 4) is 0 Å². The molecule has 0 aliphatic heterocycles. The number of unbranched alkanes of at least 4 members (excludes halogenated alkanes) is 9. The molecule has 0 saturated heterocycles. The molecule has 0 spiro atoms. The van der Waals surface area contributed by atoms with Crippen molar-refractivity contribution >= 4 is 5.97 Å². The zero-order valence-electron chi connectivity index (χ0n) is 16.1. The van der Waals surface area contributed by atoms with Gasteiger partial charge >= 0.3 is 5.97 Å². The molecule has 0 radical (unpaired) electrons. The number of hydrogen-bond acceptors (Lipinski definition) is 3. The summed E-state index contributed by atoms with van der Waals surface area (Å²) in [5.41, 5.74) is 0. The lowest BCUT2D eigenvalue weighted by Gasteiger charge is -2.21. The van der Waals surface area contributed by atoms with Crippen LogP contribution in [0.2, 0.25) is 0 Å². The van der Waals surface area contributed by atoms with E-state index in [-0.39, 0.29) is 12.1 Å². The third kappa shape index (κ3) is 9.05. The molecule has 0 amide bonds. The maximum absolute atomic E-state index is 11.7. The van der Waals surface area contributed by atoms with Crippen molar-refractivity contribution < 1.29 is 14.6 Å². The van der Waals surface area contributed by atoms with Gasteiger partial charge in [0.05, 0.1) is 12.7 Å². The molecule has 0 heterocycles. The number of ether oxygens (including phenoxy) is 1. The molecular weight excluding hydrogens is 300 g/mol. The van der Waals surface area contributed by atoms with Gasteiger partial charge in [0.2, 0.25) is 0 Å². The van der Waals surface area contributed by atoms with Gasteiger partial charge in [-0.15, -0.1) is 0 Å². The quantitative estimate of drug-likeness (QED) is 0.329. The molecule has 24 heavy (non-hydrogen) atoms. The Labute approximate surface area is 149 Å². The molecule has 1 rings (SSSR count). The van der Waals surface area contributed by atoms with E-state index in [2.05, 4.69) is 6.92 Å². The Morgan fingerprint density at radius 2 is 1.50 bits per heavy atom. The van der Waals surface area contributed by atoms with Gasteiger partial charge in [0, 0.05) is 6.42 Å². The summed E-state index contributed by atoms with van der Waals surface area (Å²) in [6.45, 7) is 4.57. The minimum atomic E-state index is -0.206. The van der Waals surface area contributed by atoms with Gasteiger partial charge in [0.15, 0.2) is 0 Å². The summed E-state index contributed by atoms with van der Waals surface area (Å²) >= 11 is 0. The number of aliphatic hydroxyl groups is 1. The Kier molecular flexibility index (Phi) is 12.2. The van der Waals surface area contributed by atoms with E-state index >= 15 is 0 Å². The molecule has 1 saturated carbocycles. The van der Waals surface area contributed by atoms with E-state index in [1.807, 2.05) is 6.92 Å². The molecule has 1 aliphatic rings. The number of hydrogen-bond donors (Lipinski definition) is 1. The van der Waals surface area contributed by atoms with E-state index < -0.39 is 0 Å². The SMILES string of the molecule is CCCCCCCCCCCCC1C(O)CCC1CC(=O)OCC. The van der Waals surface area contributed by atoms with Crippen LogP contribution >= 0.6 is 0 Å². The summed E-state index contributed by atoms with van der Waals surface area (Å²) in [5.74, 6) is 0.547. The first-order chi connectivity index (χ1) is 11.7. The van der Waals surface area contributed by atoms with Gasteiger partial charge in [-0.05, 0) is 38.0 Å². The summed E-state index contributed by atoms with van der Waals surface area (Å²) < 4.78 is 5.07. The summed E-state index contributed by atoms with van der Waals surface area (Å²) in [6.07, 6.45) is 16.6. The van der Waals surface area contributed by atoms with Gasteiger partial charge in [-0.2, -0.15) is 0 Å². The van der Waals surface area contributed by atoms with Crippen molar-refractivity contribution in [1.29, 1.82) is 0 Å². The van der Waals surface area contributed by atoms with Crippen molar-refractivity contribution in [1.82, 2.24) is 0 Å². The first-order valence-corrected chi connectivity index (χ1v) is 10.5. The molecule has 0 aromatic heterocycles. The van der Waals surface area contributed by atoms with Crippen LogP contribution in [-0.2, 0) is 9.53 Å². The molecule has 1 N–H and O–H groups in total. The molecule has 3 heteroatoms. The maximum Gasteiger partial charge on any atom is 0.306 e. The van der Waals surface area contributed by atoms with E-state index in [1.165, 1.54) is 64.2 Å². The second-order valence-corrected chi connectivity index (χ2v) is 7.55. The van der Waals surface area contributed by atoms with Crippen LogP contribution in [0.15, 0.2) is 0 Å². The normalized spacial score (nSPS) is 23.5. The van der Waals surface area contributed by atoms with Crippen LogP contribution < -0.4 is 0 Å². The molecule has 1 fully saturated rings. The van der Waals surface area contributed by atoms with Gasteiger partial charge in [-0.25, -0.2) is 0 Å². The van der Waals surface area contributed by atoms with Gasteiger partial charge in [-0.1, -0.05) is 71.1 Å². The fourth-order valence-electron chi connectivity index (χ4n) is 4.11. The first kappa shape index (κ1) is 21.5. The summed E-state index contributed by atoms with van der Waals surface area (Å²) in [5, 5.41) is 10.2. The zero-order valence-corrected chi connectivity index (χ0v) is 16.1. The Balaban J connectivity index is 2.06. The van der Waals surface area contributed by atoms with Gasteiger partial charge in [0.25, 0.3) is 0 Å². The van der Waals surface area contributed by atoms with Crippen molar-refractivity contribution in [3.05, 3.63) is 0 Å². The second-order valence-electron chi connectivity index (χ2n) is 7.55. The fourth-order valence-corrected chi connectivity index (χ4v) is 4.11. The highest BCUT2D eigenvalue weighted by molar-refractivity contribution is 5.69. The van der Waals surface area contributed by atoms with Crippen LogP contribution in [0.3, 0.4) is 0 Å². The third-order valence-corrected chi connectivity index (χ3v) is 5.56. The average molecular weight is 341 g/mol. The van der Waals surface area contributed by atoms with Crippen LogP contribution in [0.5, 0.6) is 0 Å². The van der Waals surface area contributed by atoms with Crippen LogP contribution in [0.1, 0.15) is 104 Å². The fraction of sp³-hybridized carbons (Fsp3) is 0.952. The predicted octanol–water partition coefficient (Wildman–Crippen LogP) is 5.64. The van der Waals surface area contributed by atoms with Gasteiger partial charge in [0.1, 0.15) is 0 Å². The molecule has 3 nitrogen and oxygen atoms in total. The molecule has 3 unspecified atom stereocenters. The van der Waals surface area contributed by atoms with Crippen LogP contribution in [0.25, 0.3) is 0 Å². The second kappa shape index (κ2) is 13.7. The first-order valence-electron chi connectivity index (χ1n) is 10.5. The summed E-state index contributed by atoms with van der Waals surface area (Å²) in [4.78, 5) is 11.7. The highest BCUT2D eigenvalue weighted by Gasteiger charge is 2.35. The number of aliphatic hydroxyl groups excluding tert-OH is 1. The van der Waals surface area contributed by atoms with E-state index in [9.17, 15) is 9.90 Å². The van der Waals surface area contributed by atoms with Crippen molar-refractivity contribution in [2.75, 3.05) is 6.61 Å². The minimum Gasteiger partial charge on any atom is -0.466 e. The highest BCUT2D eigenvalue weighted by Crippen LogP contribution is 2.38. The Bertz CT molecular complexity index is 316. The lowest BCUT2D eigenvalue weighted by atomic mass is 9.87. The number of esters is 1.